The Kier molecular flexibility index (Phi) is 4.52. The highest BCUT2D eigenvalue weighted by Gasteiger charge is 2.30. The number of rotatable bonds is 3. The second-order valence-corrected chi connectivity index (χ2v) is 7.59. The van der Waals surface area contributed by atoms with Crippen LogP contribution in [0.25, 0.3) is 10.4 Å². The molecule has 0 bridgehead atoms. The van der Waals surface area contributed by atoms with Gasteiger partial charge in [0.25, 0.3) is 5.91 Å². The second-order valence-electron chi connectivity index (χ2n) is 6.51. The van der Waals surface area contributed by atoms with Gasteiger partial charge in [-0.15, -0.1) is 11.3 Å². The van der Waals surface area contributed by atoms with Gasteiger partial charge in [-0.05, 0) is 53.8 Å². The van der Waals surface area contributed by atoms with Crippen molar-refractivity contribution in [3.05, 3.63) is 82.2 Å². The summed E-state index contributed by atoms with van der Waals surface area (Å²) in [4.78, 5) is 13.7. The molecule has 0 fully saturated rings. The van der Waals surface area contributed by atoms with Crippen LogP contribution in [0.5, 0.6) is 0 Å². The minimum Gasteiger partial charge on any atom is -0.345 e. The van der Waals surface area contributed by atoms with Gasteiger partial charge in [0, 0.05) is 4.88 Å². The van der Waals surface area contributed by atoms with E-state index in [4.69, 9.17) is 0 Å². The molecule has 0 saturated carbocycles. The Morgan fingerprint density at radius 3 is 2.67 bits per heavy atom. The van der Waals surface area contributed by atoms with Gasteiger partial charge >= 0.3 is 6.18 Å². The van der Waals surface area contributed by atoms with Crippen LogP contribution in [0.1, 0.15) is 38.8 Å². The van der Waals surface area contributed by atoms with Crippen molar-refractivity contribution in [2.75, 3.05) is 0 Å². The maximum atomic E-state index is 12.9. The largest absolute Gasteiger partial charge is 0.416 e. The zero-order valence-corrected chi connectivity index (χ0v) is 15.0. The molecular formula is C21H16F3NOS. The van der Waals surface area contributed by atoms with Crippen molar-refractivity contribution in [3.63, 3.8) is 0 Å². The van der Waals surface area contributed by atoms with E-state index in [0.717, 1.165) is 30.5 Å². The summed E-state index contributed by atoms with van der Waals surface area (Å²) in [6.45, 7) is 0. The number of alkyl halides is 3. The lowest BCUT2D eigenvalue weighted by atomic mass is 10.1. The van der Waals surface area contributed by atoms with Crippen molar-refractivity contribution < 1.29 is 18.0 Å². The van der Waals surface area contributed by atoms with Crippen LogP contribution in [0.15, 0.2) is 60.7 Å². The molecule has 2 aromatic carbocycles. The van der Waals surface area contributed by atoms with Crippen molar-refractivity contribution in [3.8, 4) is 10.4 Å². The number of hydrogen-bond donors (Lipinski definition) is 1. The highest BCUT2D eigenvalue weighted by Crippen LogP contribution is 2.35. The predicted octanol–water partition coefficient (Wildman–Crippen LogP) is 5.85. The molecule has 1 amide bonds. The molecule has 1 aliphatic carbocycles. The van der Waals surface area contributed by atoms with E-state index in [1.165, 1.54) is 23.0 Å². The lowest BCUT2D eigenvalue weighted by molar-refractivity contribution is -0.137. The van der Waals surface area contributed by atoms with Crippen LogP contribution < -0.4 is 5.32 Å². The molecule has 1 aromatic heterocycles. The fraction of sp³-hybridized carbons (Fsp3) is 0.190. The average molecular weight is 387 g/mol. The van der Waals surface area contributed by atoms with Gasteiger partial charge in [0.1, 0.15) is 0 Å². The van der Waals surface area contributed by atoms with E-state index in [-0.39, 0.29) is 11.9 Å². The lowest BCUT2D eigenvalue weighted by Gasteiger charge is -2.13. The maximum absolute atomic E-state index is 12.9. The zero-order valence-electron chi connectivity index (χ0n) is 14.2. The van der Waals surface area contributed by atoms with Crippen molar-refractivity contribution >= 4 is 17.2 Å². The van der Waals surface area contributed by atoms with Gasteiger partial charge in [-0.1, -0.05) is 36.4 Å². The van der Waals surface area contributed by atoms with Crippen molar-refractivity contribution in [2.24, 2.45) is 0 Å². The predicted molar refractivity (Wildman–Crippen MR) is 99.7 cm³/mol. The number of halogens is 3. The van der Waals surface area contributed by atoms with Crippen LogP contribution in [-0.2, 0) is 12.6 Å². The fourth-order valence-electron chi connectivity index (χ4n) is 3.40. The number of hydrogen-bond acceptors (Lipinski definition) is 2. The Morgan fingerprint density at radius 2 is 1.85 bits per heavy atom. The van der Waals surface area contributed by atoms with Crippen LogP contribution in [0.4, 0.5) is 13.2 Å². The summed E-state index contributed by atoms with van der Waals surface area (Å²) >= 11 is 1.20. The molecule has 1 atom stereocenters. The first-order valence-electron chi connectivity index (χ1n) is 8.58. The van der Waals surface area contributed by atoms with Gasteiger partial charge in [-0.3, -0.25) is 4.79 Å². The van der Waals surface area contributed by atoms with E-state index < -0.39 is 11.7 Å². The van der Waals surface area contributed by atoms with Gasteiger partial charge in [-0.25, -0.2) is 0 Å². The summed E-state index contributed by atoms with van der Waals surface area (Å²) in [6.07, 6.45) is -2.60. The second kappa shape index (κ2) is 6.85. The van der Waals surface area contributed by atoms with Gasteiger partial charge in [0.2, 0.25) is 0 Å². The highest BCUT2D eigenvalue weighted by atomic mass is 32.1. The van der Waals surface area contributed by atoms with Crippen LogP contribution in [0.2, 0.25) is 0 Å². The molecule has 0 spiro atoms. The Balaban J connectivity index is 1.52. The van der Waals surface area contributed by atoms with E-state index in [0.29, 0.717) is 15.3 Å². The SMILES string of the molecule is O=C(N[C@H]1CCc2ccccc21)c1ccc(-c2cccc(C(F)(F)F)c2)s1. The Morgan fingerprint density at radius 1 is 1.04 bits per heavy atom. The minimum atomic E-state index is -4.39. The number of carbonyl (C=O) groups is 1. The molecule has 4 rings (SSSR count). The summed E-state index contributed by atoms with van der Waals surface area (Å²) in [5.41, 5.74) is 2.15. The van der Waals surface area contributed by atoms with Crippen LogP contribution in [0, 0.1) is 0 Å². The third-order valence-corrected chi connectivity index (χ3v) is 5.88. The molecule has 2 nitrogen and oxygen atoms in total. The van der Waals surface area contributed by atoms with Gasteiger partial charge < -0.3 is 5.32 Å². The first kappa shape index (κ1) is 17.8. The summed E-state index contributed by atoms with van der Waals surface area (Å²) < 4.78 is 38.7. The Bertz CT molecular complexity index is 993. The Labute approximate surface area is 158 Å². The van der Waals surface area contributed by atoms with Gasteiger partial charge in [-0.2, -0.15) is 13.2 Å². The molecular weight excluding hydrogens is 371 g/mol. The molecule has 1 heterocycles. The highest BCUT2D eigenvalue weighted by molar-refractivity contribution is 7.17. The summed E-state index contributed by atoms with van der Waals surface area (Å²) in [5.74, 6) is -0.195. The average Bonchev–Trinajstić information content (AvgIpc) is 3.29. The van der Waals surface area contributed by atoms with Gasteiger partial charge in [0.15, 0.2) is 0 Å². The maximum Gasteiger partial charge on any atom is 0.416 e. The van der Waals surface area contributed by atoms with E-state index in [1.807, 2.05) is 18.2 Å². The number of aryl methyl sites for hydroxylation is 1. The number of carbonyl (C=O) groups excluding carboxylic acids is 1. The zero-order chi connectivity index (χ0) is 19.0. The number of nitrogens with one attached hydrogen (secondary N) is 1. The van der Waals surface area contributed by atoms with Crippen molar-refractivity contribution in [1.82, 2.24) is 5.32 Å². The molecule has 1 N–H and O–H groups in total. The van der Waals surface area contributed by atoms with E-state index in [1.54, 1.807) is 18.2 Å². The monoisotopic (exact) mass is 387 g/mol. The lowest BCUT2D eigenvalue weighted by Crippen LogP contribution is -2.26. The van der Waals surface area contributed by atoms with Crippen LogP contribution >= 0.6 is 11.3 Å². The molecule has 0 unspecified atom stereocenters. The number of benzene rings is 2. The van der Waals surface area contributed by atoms with Crippen LogP contribution in [-0.4, -0.2) is 5.91 Å². The number of fused-ring (bicyclic) bond motifs is 1. The van der Waals surface area contributed by atoms with Crippen molar-refractivity contribution in [2.45, 2.75) is 25.1 Å². The topological polar surface area (TPSA) is 29.1 Å². The summed E-state index contributed by atoms with van der Waals surface area (Å²) in [6, 6.07) is 16.5. The molecule has 3 aromatic rings. The normalized spacial score (nSPS) is 16.2. The van der Waals surface area contributed by atoms with Gasteiger partial charge in [0.05, 0.1) is 16.5 Å². The minimum absolute atomic E-state index is 0.0205. The van der Waals surface area contributed by atoms with Crippen molar-refractivity contribution in [1.29, 1.82) is 0 Å². The Hall–Kier alpha value is -2.60. The first-order chi connectivity index (χ1) is 12.9. The van der Waals surface area contributed by atoms with E-state index in [9.17, 15) is 18.0 Å². The first-order valence-corrected chi connectivity index (χ1v) is 9.39. The molecule has 27 heavy (non-hydrogen) atoms. The summed E-state index contributed by atoms with van der Waals surface area (Å²) in [5, 5.41) is 3.04. The molecule has 0 radical (unpaired) electrons. The number of amides is 1. The van der Waals surface area contributed by atoms with E-state index in [2.05, 4.69) is 11.4 Å². The number of thiophene rings is 1. The molecule has 0 saturated heterocycles. The molecule has 0 aliphatic heterocycles. The molecule has 1 aliphatic rings. The van der Waals surface area contributed by atoms with E-state index >= 15 is 0 Å². The smallest absolute Gasteiger partial charge is 0.345 e. The fourth-order valence-corrected chi connectivity index (χ4v) is 4.31. The third-order valence-electron chi connectivity index (χ3n) is 4.74. The molecule has 6 heteroatoms. The van der Waals surface area contributed by atoms with Crippen LogP contribution in [0.3, 0.4) is 0 Å². The summed E-state index contributed by atoms with van der Waals surface area (Å²) in [7, 11) is 0. The third kappa shape index (κ3) is 3.62. The quantitative estimate of drug-likeness (QED) is 0.600. The molecule has 138 valence electrons. The standard InChI is InChI=1S/C21H16F3NOS/c22-21(23,24)15-6-3-5-14(12-15)18-10-11-19(27-18)20(26)25-17-9-8-13-4-1-2-7-16(13)17/h1-7,10-12,17H,8-9H2,(H,25,26)/t17-/m0/s1.